The Bertz CT molecular complexity index is 849. The molecule has 1 aliphatic rings. The summed E-state index contributed by atoms with van der Waals surface area (Å²) in [6, 6.07) is 11.6. The van der Waals surface area contributed by atoms with Crippen LogP contribution in [-0.2, 0) is 17.9 Å². The lowest BCUT2D eigenvalue weighted by Crippen LogP contribution is -2.42. The molecule has 0 aromatic heterocycles. The van der Waals surface area contributed by atoms with E-state index < -0.39 is 0 Å². The van der Waals surface area contributed by atoms with E-state index in [2.05, 4.69) is 10.2 Å². The number of rotatable bonds is 8. The number of benzene rings is 2. The standard InChI is InChI=1S/C23H29ClN2O4/c1-28-20-11-16(12-21(29-2)22(20)30-3)13-25-23(27)18-8-6-10-26(15-18)14-17-7-4-5-9-19(17)24/h4-5,7,9,11-12,18H,6,8,10,13-15H2,1-3H3,(H,25,27)/t18-/m1/s1. The number of likely N-dealkylation sites (tertiary alicyclic amines) is 1. The number of hydrogen-bond acceptors (Lipinski definition) is 5. The SMILES string of the molecule is COc1cc(CNC(=O)[C@@H]2CCCN(Cc3ccccc3Cl)C2)cc(OC)c1OC. The molecule has 7 heteroatoms. The van der Waals surface area contributed by atoms with Gasteiger partial charge in [-0.05, 0) is 48.7 Å². The maximum absolute atomic E-state index is 12.8. The fourth-order valence-corrected chi connectivity index (χ4v) is 4.05. The van der Waals surface area contributed by atoms with Gasteiger partial charge in [0.05, 0.1) is 27.2 Å². The van der Waals surface area contributed by atoms with Crippen molar-refractivity contribution in [2.75, 3.05) is 34.4 Å². The highest BCUT2D eigenvalue weighted by Crippen LogP contribution is 2.38. The Balaban J connectivity index is 1.60. The van der Waals surface area contributed by atoms with Gasteiger partial charge in [0.25, 0.3) is 0 Å². The summed E-state index contributed by atoms with van der Waals surface area (Å²) in [6.07, 6.45) is 1.88. The largest absolute Gasteiger partial charge is 0.493 e. The Morgan fingerprint density at radius 2 is 1.83 bits per heavy atom. The fourth-order valence-electron chi connectivity index (χ4n) is 3.85. The van der Waals surface area contributed by atoms with E-state index in [0.29, 0.717) is 23.8 Å². The molecule has 0 unspecified atom stereocenters. The Morgan fingerprint density at radius 1 is 1.13 bits per heavy atom. The molecule has 1 saturated heterocycles. The number of methoxy groups -OCH3 is 3. The van der Waals surface area contributed by atoms with E-state index in [-0.39, 0.29) is 11.8 Å². The van der Waals surface area contributed by atoms with Gasteiger partial charge >= 0.3 is 0 Å². The molecule has 2 aromatic carbocycles. The van der Waals surface area contributed by atoms with Gasteiger partial charge in [0.2, 0.25) is 11.7 Å². The van der Waals surface area contributed by atoms with Crippen molar-refractivity contribution in [2.24, 2.45) is 5.92 Å². The molecule has 0 aliphatic carbocycles. The minimum absolute atomic E-state index is 0.0386. The number of hydrogen-bond donors (Lipinski definition) is 1. The number of ether oxygens (including phenoxy) is 3. The predicted octanol–water partition coefficient (Wildman–Crippen LogP) is 3.89. The van der Waals surface area contributed by atoms with Crippen molar-refractivity contribution >= 4 is 17.5 Å². The molecule has 1 aliphatic heterocycles. The summed E-state index contributed by atoms with van der Waals surface area (Å²) in [7, 11) is 4.73. The second-order valence-corrected chi connectivity index (χ2v) is 7.82. The maximum atomic E-state index is 12.8. The molecular formula is C23H29ClN2O4. The van der Waals surface area contributed by atoms with Crippen molar-refractivity contribution in [3.63, 3.8) is 0 Å². The van der Waals surface area contributed by atoms with Crippen LogP contribution < -0.4 is 19.5 Å². The number of amides is 1. The highest BCUT2D eigenvalue weighted by molar-refractivity contribution is 6.31. The van der Waals surface area contributed by atoms with E-state index in [9.17, 15) is 4.79 Å². The minimum Gasteiger partial charge on any atom is -0.493 e. The summed E-state index contributed by atoms with van der Waals surface area (Å²) in [5.41, 5.74) is 1.99. The zero-order chi connectivity index (χ0) is 21.5. The van der Waals surface area contributed by atoms with Crippen molar-refractivity contribution < 1.29 is 19.0 Å². The Hall–Kier alpha value is -2.44. The van der Waals surface area contributed by atoms with Crippen LogP contribution in [0.25, 0.3) is 0 Å². The van der Waals surface area contributed by atoms with Gasteiger partial charge in [-0.1, -0.05) is 29.8 Å². The third-order valence-corrected chi connectivity index (χ3v) is 5.79. The molecule has 0 radical (unpaired) electrons. The lowest BCUT2D eigenvalue weighted by Gasteiger charge is -2.32. The molecule has 2 aromatic rings. The topological polar surface area (TPSA) is 60.0 Å². The number of nitrogens with one attached hydrogen (secondary N) is 1. The summed E-state index contributed by atoms with van der Waals surface area (Å²) < 4.78 is 16.1. The summed E-state index contributed by atoms with van der Waals surface area (Å²) in [6.45, 7) is 2.86. The van der Waals surface area contributed by atoms with Crippen molar-refractivity contribution in [1.82, 2.24) is 10.2 Å². The number of carbonyl (C=O) groups is 1. The van der Waals surface area contributed by atoms with E-state index in [1.165, 1.54) is 0 Å². The first kappa shape index (κ1) is 22.2. The normalized spacial score (nSPS) is 16.7. The van der Waals surface area contributed by atoms with E-state index in [1.54, 1.807) is 21.3 Å². The molecule has 6 nitrogen and oxygen atoms in total. The van der Waals surface area contributed by atoms with Crippen LogP contribution in [0, 0.1) is 5.92 Å². The van der Waals surface area contributed by atoms with Gasteiger partial charge in [0.15, 0.2) is 11.5 Å². The van der Waals surface area contributed by atoms with Crippen LogP contribution in [0.2, 0.25) is 5.02 Å². The number of halogens is 1. The lowest BCUT2D eigenvalue weighted by molar-refractivity contribution is -0.126. The van der Waals surface area contributed by atoms with Gasteiger partial charge in [-0.25, -0.2) is 0 Å². The zero-order valence-electron chi connectivity index (χ0n) is 17.7. The Morgan fingerprint density at radius 3 is 2.47 bits per heavy atom. The average Bonchev–Trinajstić information content (AvgIpc) is 2.78. The molecule has 1 atom stereocenters. The molecule has 0 bridgehead atoms. The van der Waals surface area contributed by atoms with Crippen LogP contribution >= 0.6 is 11.6 Å². The van der Waals surface area contributed by atoms with Crippen molar-refractivity contribution in [3.8, 4) is 17.2 Å². The van der Waals surface area contributed by atoms with Crippen LogP contribution in [0.5, 0.6) is 17.2 Å². The van der Waals surface area contributed by atoms with Crippen LogP contribution in [0.3, 0.4) is 0 Å². The Labute approximate surface area is 183 Å². The first-order valence-corrected chi connectivity index (χ1v) is 10.5. The van der Waals surface area contributed by atoms with E-state index in [0.717, 1.165) is 48.6 Å². The molecule has 162 valence electrons. The van der Waals surface area contributed by atoms with E-state index in [4.69, 9.17) is 25.8 Å². The van der Waals surface area contributed by atoms with Gasteiger partial charge in [-0.3, -0.25) is 9.69 Å². The zero-order valence-corrected chi connectivity index (χ0v) is 18.5. The Kier molecular flexibility index (Phi) is 7.82. The first-order valence-electron chi connectivity index (χ1n) is 10.1. The van der Waals surface area contributed by atoms with Crippen LogP contribution in [0.1, 0.15) is 24.0 Å². The van der Waals surface area contributed by atoms with Crippen LogP contribution in [0.4, 0.5) is 0 Å². The number of nitrogens with zero attached hydrogens (tertiary/aromatic N) is 1. The first-order chi connectivity index (χ1) is 14.5. The highest BCUT2D eigenvalue weighted by atomic mass is 35.5. The molecule has 3 rings (SSSR count). The third kappa shape index (κ3) is 5.37. The highest BCUT2D eigenvalue weighted by Gasteiger charge is 2.26. The quantitative estimate of drug-likeness (QED) is 0.685. The molecule has 0 spiro atoms. The third-order valence-electron chi connectivity index (χ3n) is 5.42. The molecule has 1 N–H and O–H groups in total. The average molecular weight is 433 g/mol. The van der Waals surface area contributed by atoms with Gasteiger partial charge in [0, 0.05) is 24.7 Å². The van der Waals surface area contributed by atoms with Gasteiger partial charge in [0.1, 0.15) is 0 Å². The van der Waals surface area contributed by atoms with Crippen LogP contribution in [-0.4, -0.2) is 45.2 Å². The number of piperidine rings is 1. The van der Waals surface area contributed by atoms with E-state index >= 15 is 0 Å². The molecular weight excluding hydrogens is 404 g/mol. The summed E-state index contributed by atoms with van der Waals surface area (Å²) in [4.78, 5) is 15.1. The second kappa shape index (κ2) is 10.5. The van der Waals surface area contributed by atoms with Gasteiger partial charge in [-0.15, -0.1) is 0 Å². The van der Waals surface area contributed by atoms with Crippen molar-refractivity contribution in [2.45, 2.75) is 25.9 Å². The van der Waals surface area contributed by atoms with Gasteiger partial charge in [-0.2, -0.15) is 0 Å². The summed E-state index contributed by atoms with van der Waals surface area (Å²) in [5, 5.41) is 3.83. The predicted molar refractivity (Wildman–Crippen MR) is 117 cm³/mol. The molecule has 1 fully saturated rings. The number of carbonyl (C=O) groups excluding carboxylic acids is 1. The monoisotopic (exact) mass is 432 g/mol. The smallest absolute Gasteiger partial charge is 0.224 e. The molecule has 30 heavy (non-hydrogen) atoms. The van der Waals surface area contributed by atoms with Crippen LogP contribution in [0.15, 0.2) is 36.4 Å². The van der Waals surface area contributed by atoms with Crippen molar-refractivity contribution in [3.05, 3.63) is 52.5 Å². The minimum atomic E-state index is -0.0386. The molecule has 1 heterocycles. The summed E-state index contributed by atoms with van der Waals surface area (Å²) in [5.74, 6) is 1.71. The fraction of sp³-hybridized carbons (Fsp3) is 0.435. The van der Waals surface area contributed by atoms with Crippen molar-refractivity contribution in [1.29, 1.82) is 0 Å². The maximum Gasteiger partial charge on any atom is 0.224 e. The molecule has 0 saturated carbocycles. The van der Waals surface area contributed by atoms with Gasteiger partial charge < -0.3 is 19.5 Å². The molecule has 1 amide bonds. The lowest BCUT2D eigenvalue weighted by atomic mass is 9.96. The second-order valence-electron chi connectivity index (χ2n) is 7.42. The summed E-state index contributed by atoms with van der Waals surface area (Å²) >= 11 is 6.30. The van der Waals surface area contributed by atoms with E-state index in [1.807, 2.05) is 36.4 Å².